The van der Waals surface area contributed by atoms with E-state index >= 15 is 0 Å². The molecule has 0 aromatic heterocycles. The van der Waals surface area contributed by atoms with Crippen LogP contribution in [0.5, 0.6) is 0 Å². The molecule has 0 aliphatic rings. The molecule has 0 nitrogen and oxygen atoms in total. The van der Waals surface area contributed by atoms with Crippen LogP contribution in [-0.2, 0) is 0 Å². The van der Waals surface area contributed by atoms with Gasteiger partial charge in [-0.15, -0.1) is 0 Å². The molecular formula is C15H14F15I. The van der Waals surface area contributed by atoms with Gasteiger partial charge in [-0.05, 0) is 39.0 Å². The molecular weight excluding hydrogens is 592 g/mol. The molecule has 0 amide bonds. The summed E-state index contributed by atoms with van der Waals surface area (Å²) < 4.78 is 195. The lowest BCUT2D eigenvalue weighted by atomic mass is 9.91. The van der Waals surface area contributed by atoms with Crippen molar-refractivity contribution in [2.75, 3.05) is 0 Å². The van der Waals surface area contributed by atoms with Gasteiger partial charge >= 0.3 is 41.7 Å². The number of hydrogen-bond donors (Lipinski definition) is 0. The fraction of sp³-hybridized carbons (Fsp3) is 0.867. The van der Waals surface area contributed by atoms with Crippen molar-refractivity contribution in [2.45, 2.75) is 80.7 Å². The lowest BCUT2D eigenvalue weighted by molar-refractivity contribution is -0.449. The molecule has 0 aromatic rings. The van der Waals surface area contributed by atoms with Crippen LogP contribution in [0, 0.1) is 0 Å². The van der Waals surface area contributed by atoms with Crippen molar-refractivity contribution in [3.63, 3.8) is 0 Å². The smallest absolute Gasteiger partial charge is 0.195 e. The molecule has 0 bridgehead atoms. The van der Waals surface area contributed by atoms with Gasteiger partial charge in [0.05, 0.1) is 0 Å². The fourth-order valence-electron chi connectivity index (χ4n) is 2.06. The van der Waals surface area contributed by atoms with Gasteiger partial charge in [-0.25, -0.2) is 0 Å². The molecule has 0 unspecified atom stereocenters. The van der Waals surface area contributed by atoms with Crippen LogP contribution < -0.4 is 0 Å². The third-order valence-corrected chi connectivity index (χ3v) is 4.81. The van der Waals surface area contributed by atoms with Crippen LogP contribution in [0.4, 0.5) is 65.9 Å². The zero-order chi connectivity index (χ0) is 25.3. The predicted molar refractivity (Wildman–Crippen MR) is 86.6 cm³/mol. The summed E-state index contributed by atoms with van der Waals surface area (Å²) >= 11 is 0.946. The summed E-state index contributed by atoms with van der Waals surface area (Å²) in [5.41, 5.74) is 0. The van der Waals surface area contributed by atoms with Crippen molar-refractivity contribution < 1.29 is 65.9 Å². The van der Waals surface area contributed by atoms with E-state index in [0.717, 1.165) is 22.6 Å². The van der Waals surface area contributed by atoms with Gasteiger partial charge in [0.1, 0.15) is 0 Å². The van der Waals surface area contributed by atoms with Crippen LogP contribution in [0.3, 0.4) is 0 Å². The highest BCUT2D eigenvalue weighted by atomic mass is 127. The largest absolute Gasteiger partial charge is 0.460 e. The molecule has 0 spiro atoms. The van der Waals surface area contributed by atoms with Crippen molar-refractivity contribution in [1.82, 2.24) is 0 Å². The standard InChI is InChI=1S/C15H14F15I/c1-2-3-4-5-6-8(31)7-9(16,17)10(18,19)11(20,21)12(22,23)13(24,25)14(26,27)15(28,29)30/h7H,2-6H2,1H3. The highest BCUT2D eigenvalue weighted by molar-refractivity contribution is 14.1. The molecule has 0 atom stereocenters. The monoisotopic (exact) mass is 606 g/mol. The molecule has 0 aliphatic heterocycles. The third kappa shape index (κ3) is 5.33. The maximum Gasteiger partial charge on any atom is 0.460 e. The van der Waals surface area contributed by atoms with Gasteiger partial charge in [0.2, 0.25) is 0 Å². The summed E-state index contributed by atoms with van der Waals surface area (Å²) in [6.45, 7) is 1.73. The van der Waals surface area contributed by atoms with Crippen molar-refractivity contribution in [2.24, 2.45) is 0 Å². The highest BCUT2D eigenvalue weighted by Crippen LogP contribution is 2.62. The van der Waals surface area contributed by atoms with Crippen molar-refractivity contribution in [3.8, 4) is 0 Å². The first kappa shape index (κ1) is 30.4. The number of allylic oxidation sites excluding steroid dienone is 2. The number of unbranched alkanes of at least 4 members (excludes halogenated alkanes) is 3. The molecule has 31 heavy (non-hydrogen) atoms. The average Bonchev–Trinajstić information content (AvgIpc) is 2.56. The van der Waals surface area contributed by atoms with E-state index in [4.69, 9.17) is 0 Å². The lowest BCUT2D eigenvalue weighted by Gasteiger charge is -2.41. The highest BCUT2D eigenvalue weighted by Gasteiger charge is 2.93. The summed E-state index contributed by atoms with van der Waals surface area (Å²) in [5, 5.41) is 0. The summed E-state index contributed by atoms with van der Waals surface area (Å²) in [7, 11) is 0. The Kier molecular flexibility index (Phi) is 9.17. The number of alkyl halides is 15. The maximum absolute atomic E-state index is 13.7. The Balaban J connectivity index is 6.20. The van der Waals surface area contributed by atoms with Gasteiger partial charge in [-0.3, -0.25) is 0 Å². The summed E-state index contributed by atoms with van der Waals surface area (Å²) in [5.74, 6) is -46.2. The lowest BCUT2D eigenvalue weighted by Crippen LogP contribution is -2.72. The summed E-state index contributed by atoms with van der Waals surface area (Å²) in [6, 6.07) is 0. The summed E-state index contributed by atoms with van der Waals surface area (Å²) in [4.78, 5) is 0. The minimum absolute atomic E-state index is 0.0622. The van der Waals surface area contributed by atoms with E-state index < -0.39 is 57.8 Å². The Labute approximate surface area is 179 Å². The molecule has 0 saturated carbocycles. The second-order valence-corrected chi connectivity index (χ2v) is 7.78. The minimum atomic E-state index is -8.24. The van der Waals surface area contributed by atoms with E-state index in [0.29, 0.717) is 19.3 Å². The second-order valence-electron chi connectivity index (χ2n) is 6.39. The van der Waals surface area contributed by atoms with E-state index in [-0.39, 0.29) is 6.42 Å². The van der Waals surface area contributed by atoms with E-state index in [2.05, 4.69) is 0 Å². The molecule has 0 aromatic carbocycles. The van der Waals surface area contributed by atoms with Crippen LogP contribution in [0.2, 0.25) is 0 Å². The van der Waals surface area contributed by atoms with Crippen LogP contribution in [0.1, 0.15) is 39.0 Å². The molecule has 0 saturated heterocycles. The zero-order valence-corrected chi connectivity index (χ0v) is 17.3. The molecule has 16 heteroatoms. The van der Waals surface area contributed by atoms with E-state index in [9.17, 15) is 65.9 Å². The van der Waals surface area contributed by atoms with E-state index in [1.54, 1.807) is 6.92 Å². The Morgan fingerprint density at radius 3 is 1.35 bits per heavy atom. The van der Waals surface area contributed by atoms with Gasteiger partial charge in [-0.2, -0.15) is 65.9 Å². The van der Waals surface area contributed by atoms with Gasteiger partial charge in [0, 0.05) is 6.08 Å². The summed E-state index contributed by atoms with van der Waals surface area (Å²) in [6.07, 6.45) is -7.35. The van der Waals surface area contributed by atoms with Gasteiger partial charge in [0.15, 0.2) is 0 Å². The van der Waals surface area contributed by atoms with Crippen molar-refractivity contribution in [3.05, 3.63) is 9.66 Å². The minimum Gasteiger partial charge on any atom is -0.195 e. The van der Waals surface area contributed by atoms with Crippen LogP contribution in [-0.4, -0.2) is 41.7 Å². The molecule has 0 fully saturated rings. The van der Waals surface area contributed by atoms with Crippen LogP contribution >= 0.6 is 22.6 Å². The quantitative estimate of drug-likeness (QED) is 0.126. The Bertz CT molecular complexity index is 633. The predicted octanol–water partition coefficient (Wildman–Crippen LogP) is 8.65. The molecule has 186 valence electrons. The van der Waals surface area contributed by atoms with Gasteiger partial charge in [0.25, 0.3) is 0 Å². The topological polar surface area (TPSA) is 0 Å². The first-order valence-electron chi connectivity index (χ1n) is 8.16. The van der Waals surface area contributed by atoms with Crippen LogP contribution in [0.25, 0.3) is 0 Å². The molecule has 0 aliphatic carbocycles. The normalized spacial score (nSPS) is 16.1. The Hall–Kier alpha value is -0.580. The fourth-order valence-corrected chi connectivity index (χ4v) is 2.83. The number of rotatable bonds is 11. The van der Waals surface area contributed by atoms with Crippen molar-refractivity contribution in [1.29, 1.82) is 0 Å². The maximum atomic E-state index is 13.7. The van der Waals surface area contributed by atoms with E-state index in [1.165, 1.54) is 0 Å². The van der Waals surface area contributed by atoms with Crippen LogP contribution in [0.15, 0.2) is 9.66 Å². The number of hydrogen-bond acceptors (Lipinski definition) is 0. The van der Waals surface area contributed by atoms with Crippen molar-refractivity contribution >= 4 is 22.6 Å². The second kappa shape index (κ2) is 9.35. The Morgan fingerprint density at radius 1 is 0.581 bits per heavy atom. The van der Waals surface area contributed by atoms with Gasteiger partial charge in [-0.1, -0.05) is 26.2 Å². The third-order valence-electron chi connectivity index (χ3n) is 3.96. The van der Waals surface area contributed by atoms with Gasteiger partial charge < -0.3 is 0 Å². The molecule has 0 N–H and O–H groups in total. The number of halogens is 16. The average molecular weight is 606 g/mol. The Morgan fingerprint density at radius 2 is 0.968 bits per heavy atom. The first-order valence-corrected chi connectivity index (χ1v) is 9.24. The SMILES string of the molecule is CCCCCCC(I)=CC(F)(F)C(F)(F)C(F)(F)C(F)(F)C(F)(F)C(F)(F)C(F)(F)F. The van der Waals surface area contributed by atoms with E-state index in [1.807, 2.05) is 0 Å². The molecule has 0 heterocycles. The molecule has 0 rings (SSSR count). The first-order chi connectivity index (χ1) is 13.5. The zero-order valence-electron chi connectivity index (χ0n) is 15.2. The molecule has 0 radical (unpaired) electrons.